The molecule has 0 spiro atoms. The monoisotopic (exact) mass is 476 g/mol. The molecule has 3 aromatic heterocycles. The minimum absolute atomic E-state index is 0.161. The molecule has 176 valence electrons. The summed E-state index contributed by atoms with van der Waals surface area (Å²) in [4.78, 5) is 9.79. The molecule has 37 heavy (non-hydrogen) atoms. The summed E-state index contributed by atoms with van der Waals surface area (Å²) in [6, 6.07) is 36.7. The number of imidazole rings is 1. The number of pyridine rings is 1. The first-order valence-electron chi connectivity index (χ1n) is 12.7. The molecule has 0 amide bonds. The minimum Gasteiger partial charge on any atom is -0.309 e. The highest BCUT2D eigenvalue weighted by atomic mass is 15.1. The fourth-order valence-corrected chi connectivity index (χ4v) is 6.25. The zero-order chi connectivity index (χ0) is 24.7. The summed E-state index contributed by atoms with van der Waals surface area (Å²) in [5.41, 5.74) is 10.2. The molecule has 4 aromatic carbocycles. The van der Waals surface area contributed by atoms with Gasteiger partial charge < -0.3 is 4.57 Å². The molecule has 0 fully saturated rings. The molecule has 0 bridgehead atoms. The van der Waals surface area contributed by atoms with Crippen molar-refractivity contribution < 1.29 is 0 Å². The van der Waals surface area contributed by atoms with Gasteiger partial charge in [-0.15, -0.1) is 0 Å². The molecular weight excluding hydrogens is 452 g/mol. The average molecular weight is 477 g/mol. The number of fused-ring (bicyclic) bond motifs is 5. The summed E-state index contributed by atoms with van der Waals surface area (Å²) >= 11 is 0. The number of hydrogen-bond acceptors (Lipinski definition) is 2. The Bertz CT molecular complexity index is 1950. The maximum Gasteiger partial charge on any atom is 0.164 e. The van der Waals surface area contributed by atoms with E-state index in [1.165, 1.54) is 38.4 Å². The average Bonchev–Trinajstić information content (AvgIpc) is 3.49. The number of nitrogens with zero attached hydrogens (tertiary/aromatic N) is 4. The van der Waals surface area contributed by atoms with Crippen molar-refractivity contribution in [3.05, 3.63) is 120 Å². The second-order valence-electron chi connectivity index (χ2n) is 10.4. The molecule has 7 aromatic rings. The standard InChI is InChI=1S/C33H24N4/c1-33(2)24-18-17-21(36-28-15-5-3-10-22(28)23-11-4-6-16-29(23)36)20-30(24)37-31-25(33)12-9-14-26(31)35-32(37)27-13-7-8-19-34-27/h3-20H,1-2H3. The zero-order valence-electron chi connectivity index (χ0n) is 20.7. The molecule has 4 heteroatoms. The third kappa shape index (κ3) is 2.67. The molecule has 0 radical (unpaired) electrons. The number of benzene rings is 4. The Morgan fingerprint density at radius 2 is 1.38 bits per heavy atom. The molecule has 8 rings (SSSR count). The Morgan fingerprint density at radius 3 is 2.11 bits per heavy atom. The normalized spacial score (nSPS) is 13.9. The van der Waals surface area contributed by atoms with Crippen molar-refractivity contribution in [1.29, 1.82) is 0 Å². The zero-order valence-corrected chi connectivity index (χ0v) is 20.7. The third-order valence-electron chi connectivity index (χ3n) is 7.98. The van der Waals surface area contributed by atoms with Gasteiger partial charge in [-0.2, -0.15) is 0 Å². The Balaban J connectivity index is 1.49. The van der Waals surface area contributed by atoms with Gasteiger partial charge in [-0.25, -0.2) is 4.98 Å². The van der Waals surface area contributed by atoms with Crippen LogP contribution in [0.2, 0.25) is 0 Å². The van der Waals surface area contributed by atoms with E-state index in [1.54, 1.807) is 0 Å². The summed E-state index contributed by atoms with van der Waals surface area (Å²) in [5, 5.41) is 2.53. The van der Waals surface area contributed by atoms with E-state index < -0.39 is 0 Å². The second-order valence-corrected chi connectivity index (χ2v) is 10.4. The third-order valence-corrected chi connectivity index (χ3v) is 7.98. The molecule has 0 saturated carbocycles. The van der Waals surface area contributed by atoms with Crippen LogP contribution in [0.4, 0.5) is 0 Å². The van der Waals surface area contributed by atoms with Gasteiger partial charge in [-0.05, 0) is 53.6 Å². The minimum atomic E-state index is -0.161. The van der Waals surface area contributed by atoms with Crippen molar-refractivity contribution in [2.45, 2.75) is 19.3 Å². The Kier molecular flexibility index (Phi) is 3.97. The van der Waals surface area contributed by atoms with E-state index in [1.807, 2.05) is 24.4 Å². The molecule has 4 nitrogen and oxygen atoms in total. The molecule has 4 heterocycles. The number of aromatic nitrogens is 4. The van der Waals surface area contributed by atoms with E-state index in [4.69, 9.17) is 4.98 Å². The maximum absolute atomic E-state index is 5.10. The molecule has 1 aliphatic rings. The van der Waals surface area contributed by atoms with Crippen molar-refractivity contribution in [3.63, 3.8) is 0 Å². The van der Waals surface area contributed by atoms with Crippen molar-refractivity contribution in [3.8, 4) is 22.9 Å². The van der Waals surface area contributed by atoms with Crippen molar-refractivity contribution in [2.24, 2.45) is 0 Å². The predicted molar refractivity (Wildman–Crippen MR) is 151 cm³/mol. The van der Waals surface area contributed by atoms with Crippen LogP contribution in [0.1, 0.15) is 25.0 Å². The summed E-state index contributed by atoms with van der Waals surface area (Å²) in [6.07, 6.45) is 1.84. The molecule has 0 aliphatic carbocycles. The van der Waals surface area contributed by atoms with Gasteiger partial charge in [-0.3, -0.25) is 9.55 Å². The summed E-state index contributed by atoms with van der Waals surface area (Å²) in [7, 11) is 0. The first kappa shape index (κ1) is 20.5. The largest absolute Gasteiger partial charge is 0.309 e. The van der Waals surface area contributed by atoms with Crippen LogP contribution < -0.4 is 0 Å². The lowest BCUT2D eigenvalue weighted by molar-refractivity contribution is 0.628. The topological polar surface area (TPSA) is 35.6 Å². The van der Waals surface area contributed by atoms with Gasteiger partial charge >= 0.3 is 0 Å². The van der Waals surface area contributed by atoms with Crippen LogP contribution in [0.15, 0.2) is 109 Å². The highest BCUT2D eigenvalue weighted by molar-refractivity contribution is 6.09. The molecule has 0 saturated heterocycles. The van der Waals surface area contributed by atoms with E-state index in [2.05, 4.69) is 113 Å². The van der Waals surface area contributed by atoms with Gasteiger partial charge in [0.25, 0.3) is 0 Å². The number of rotatable bonds is 2. The van der Waals surface area contributed by atoms with Crippen LogP contribution in [0.3, 0.4) is 0 Å². The van der Waals surface area contributed by atoms with Crippen LogP contribution in [-0.4, -0.2) is 19.1 Å². The van der Waals surface area contributed by atoms with E-state index in [0.29, 0.717) is 0 Å². The van der Waals surface area contributed by atoms with E-state index in [-0.39, 0.29) is 5.41 Å². The predicted octanol–water partition coefficient (Wildman–Crippen LogP) is 7.82. The van der Waals surface area contributed by atoms with Crippen LogP contribution in [0, 0.1) is 0 Å². The maximum atomic E-state index is 5.10. The van der Waals surface area contributed by atoms with Gasteiger partial charge in [0.15, 0.2) is 5.82 Å². The van der Waals surface area contributed by atoms with Gasteiger partial charge in [0.2, 0.25) is 0 Å². The van der Waals surface area contributed by atoms with Crippen molar-refractivity contribution in [1.82, 2.24) is 19.1 Å². The van der Waals surface area contributed by atoms with Crippen molar-refractivity contribution >= 4 is 32.8 Å². The molecule has 1 aliphatic heterocycles. The number of para-hydroxylation sites is 3. The Morgan fingerprint density at radius 1 is 0.649 bits per heavy atom. The first-order chi connectivity index (χ1) is 18.1. The summed E-state index contributed by atoms with van der Waals surface area (Å²) < 4.78 is 4.71. The Labute approximate surface area is 214 Å². The fourth-order valence-electron chi connectivity index (χ4n) is 6.25. The number of hydrogen-bond donors (Lipinski definition) is 0. The molecule has 0 N–H and O–H groups in total. The summed E-state index contributed by atoms with van der Waals surface area (Å²) in [6.45, 7) is 4.63. The van der Waals surface area contributed by atoms with Gasteiger partial charge in [0.05, 0.1) is 27.8 Å². The van der Waals surface area contributed by atoms with Gasteiger partial charge in [0, 0.05) is 28.1 Å². The van der Waals surface area contributed by atoms with Gasteiger partial charge in [0.1, 0.15) is 5.69 Å². The highest BCUT2D eigenvalue weighted by Crippen LogP contribution is 2.46. The molecule has 0 atom stereocenters. The Hall–Kier alpha value is -4.70. The first-order valence-corrected chi connectivity index (χ1v) is 12.7. The lowest BCUT2D eigenvalue weighted by Crippen LogP contribution is -2.26. The lowest BCUT2D eigenvalue weighted by atomic mass is 9.74. The molecule has 0 unspecified atom stereocenters. The summed E-state index contributed by atoms with van der Waals surface area (Å²) in [5.74, 6) is 0.874. The smallest absolute Gasteiger partial charge is 0.164 e. The SMILES string of the molecule is CC1(C)c2ccc(-n3c4ccccc4c4ccccc43)cc2-n2c(-c3ccccn3)nc3cccc1c32. The van der Waals surface area contributed by atoms with Crippen LogP contribution in [0.5, 0.6) is 0 Å². The van der Waals surface area contributed by atoms with E-state index in [0.717, 1.165) is 28.4 Å². The second kappa shape index (κ2) is 7.17. The van der Waals surface area contributed by atoms with Crippen molar-refractivity contribution in [2.75, 3.05) is 0 Å². The quantitative estimate of drug-likeness (QED) is 0.255. The van der Waals surface area contributed by atoms with E-state index >= 15 is 0 Å². The van der Waals surface area contributed by atoms with Crippen LogP contribution in [-0.2, 0) is 5.41 Å². The lowest BCUT2D eigenvalue weighted by Gasteiger charge is -2.34. The molecular formula is C33H24N4. The highest BCUT2D eigenvalue weighted by Gasteiger charge is 2.36. The fraction of sp³-hybridized carbons (Fsp3) is 0.0909. The van der Waals surface area contributed by atoms with Gasteiger partial charge in [-0.1, -0.05) is 74.5 Å². The van der Waals surface area contributed by atoms with Crippen LogP contribution >= 0.6 is 0 Å². The van der Waals surface area contributed by atoms with Crippen LogP contribution in [0.25, 0.3) is 55.7 Å². The van der Waals surface area contributed by atoms with E-state index in [9.17, 15) is 0 Å².